The summed E-state index contributed by atoms with van der Waals surface area (Å²) in [6.07, 6.45) is 3.77. The van der Waals surface area contributed by atoms with Gasteiger partial charge in [-0.3, -0.25) is 9.59 Å². The van der Waals surface area contributed by atoms with Crippen LogP contribution in [-0.4, -0.2) is 62.0 Å². The third-order valence-corrected chi connectivity index (χ3v) is 8.74. The van der Waals surface area contributed by atoms with Crippen LogP contribution < -0.4 is 0 Å². The van der Waals surface area contributed by atoms with Gasteiger partial charge < -0.3 is 20.1 Å². The van der Waals surface area contributed by atoms with Crippen molar-refractivity contribution in [2.75, 3.05) is 0 Å². The number of rotatable bonds is 16. The maximum Gasteiger partial charge on any atom is 0.306 e. The number of carbonyl (C=O) groups is 2. The minimum Gasteiger partial charge on any atom is -0.481 e. The van der Waals surface area contributed by atoms with E-state index in [1.165, 1.54) is 13.8 Å². The average Bonchev–Trinajstić information content (AvgIpc) is 3.28. The summed E-state index contributed by atoms with van der Waals surface area (Å²) in [6, 6.07) is -0.318. The lowest BCUT2D eigenvalue weighted by Crippen LogP contribution is -2.45. The lowest BCUT2D eigenvalue weighted by Gasteiger charge is -2.34. The van der Waals surface area contributed by atoms with E-state index in [9.17, 15) is 19.8 Å². The van der Waals surface area contributed by atoms with Crippen molar-refractivity contribution in [3.05, 3.63) is 32.1 Å². The van der Waals surface area contributed by atoms with Crippen molar-refractivity contribution in [3.8, 4) is 0 Å². The molecule has 0 aliphatic carbocycles. The monoisotopic (exact) mass is 550 g/mol. The van der Waals surface area contributed by atoms with E-state index in [1.807, 2.05) is 33.8 Å². The van der Waals surface area contributed by atoms with Crippen LogP contribution in [0.1, 0.15) is 83.5 Å². The van der Waals surface area contributed by atoms with Crippen molar-refractivity contribution in [2.45, 2.75) is 111 Å². The van der Waals surface area contributed by atoms with Crippen molar-refractivity contribution in [1.29, 1.82) is 0 Å². The van der Waals surface area contributed by atoms with Crippen LogP contribution in [0.4, 0.5) is 0 Å². The van der Waals surface area contributed by atoms with Crippen molar-refractivity contribution in [2.24, 2.45) is 22.4 Å². The SMILES string of the molecule is C/C(=C\c1cnc(C)s1)C(CC1OC1(C)CCCC(C)C(O)C(C)C(=O)C(C)(C)C(O)CC(=O)O)N=[N+]=[N-]. The number of carbonyl (C=O) groups excluding carboxylic acids is 1. The van der Waals surface area contributed by atoms with Gasteiger partial charge in [-0.2, -0.15) is 0 Å². The van der Waals surface area contributed by atoms with Crippen molar-refractivity contribution < 1.29 is 29.6 Å². The molecule has 0 spiro atoms. The van der Waals surface area contributed by atoms with Crippen molar-refractivity contribution in [1.82, 2.24) is 4.98 Å². The lowest BCUT2D eigenvalue weighted by atomic mass is 9.73. The lowest BCUT2D eigenvalue weighted by molar-refractivity contribution is -0.147. The van der Waals surface area contributed by atoms with Gasteiger partial charge in [0.15, 0.2) is 0 Å². The molecule has 0 amide bonds. The fourth-order valence-corrected chi connectivity index (χ4v) is 5.72. The molecule has 1 aliphatic rings. The molecule has 7 atom stereocenters. The summed E-state index contributed by atoms with van der Waals surface area (Å²) in [5, 5.41) is 35.0. The Morgan fingerprint density at radius 3 is 2.58 bits per heavy atom. The molecule has 11 heteroatoms. The summed E-state index contributed by atoms with van der Waals surface area (Å²) in [6.45, 7) is 12.5. The predicted octanol–water partition coefficient (Wildman–Crippen LogP) is 5.32. The molecule has 0 aromatic carbocycles. The number of ether oxygens (including phenoxy) is 1. The van der Waals surface area contributed by atoms with E-state index in [0.717, 1.165) is 28.3 Å². The number of hydrogen-bond acceptors (Lipinski definition) is 8. The van der Waals surface area contributed by atoms with Gasteiger partial charge >= 0.3 is 5.97 Å². The number of carboxylic acids is 1. The highest BCUT2D eigenvalue weighted by molar-refractivity contribution is 7.12. The van der Waals surface area contributed by atoms with Crippen LogP contribution >= 0.6 is 11.3 Å². The Bertz CT molecular complexity index is 1070. The summed E-state index contributed by atoms with van der Waals surface area (Å²) in [4.78, 5) is 32.2. The highest BCUT2D eigenvalue weighted by Gasteiger charge is 2.52. The topological polar surface area (TPSA) is 169 Å². The Morgan fingerprint density at radius 1 is 1.37 bits per heavy atom. The maximum absolute atomic E-state index is 13.0. The van der Waals surface area contributed by atoms with Crippen LogP contribution in [0.2, 0.25) is 0 Å². The second-order valence-corrected chi connectivity index (χ2v) is 12.7. The minimum absolute atomic E-state index is 0.0400. The molecular formula is C27H42N4O6S. The van der Waals surface area contributed by atoms with Gasteiger partial charge in [-0.15, -0.1) is 11.3 Å². The zero-order valence-electron chi connectivity index (χ0n) is 23.4. The van der Waals surface area contributed by atoms with E-state index in [1.54, 1.807) is 24.5 Å². The van der Waals surface area contributed by atoms with Gasteiger partial charge in [0.25, 0.3) is 0 Å². The summed E-state index contributed by atoms with van der Waals surface area (Å²) in [7, 11) is 0. The van der Waals surface area contributed by atoms with Gasteiger partial charge in [0.05, 0.1) is 46.8 Å². The van der Waals surface area contributed by atoms with E-state index < -0.39 is 35.9 Å². The standard InChI is InChI=1S/C27H42N4O6S/c1-15(24(35)17(3)25(36)26(5,6)21(32)13-23(33)34)9-8-10-27(7)22(37-27)12-20(30-31-28)16(2)11-19-14-29-18(4)38-19/h11,14-15,17,20-22,24,32,35H,8-10,12-13H2,1-7H3,(H,33,34)/b16-11+. The Morgan fingerprint density at radius 2 is 2.03 bits per heavy atom. The summed E-state index contributed by atoms with van der Waals surface area (Å²) in [5.74, 6) is -2.46. The summed E-state index contributed by atoms with van der Waals surface area (Å²) in [5.41, 5.74) is 8.41. The molecule has 1 aromatic rings. The first kappa shape index (κ1) is 31.9. The van der Waals surface area contributed by atoms with Gasteiger partial charge in [-0.05, 0) is 57.6 Å². The quantitative estimate of drug-likeness (QED) is 0.108. The fourth-order valence-electron chi connectivity index (χ4n) is 4.93. The molecule has 2 rings (SSSR count). The van der Waals surface area contributed by atoms with Crippen LogP contribution in [-0.2, 0) is 14.3 Å². The third kappa shape index (κ3) is 8.35. The minimum atomic E-state index is -1.33. The summed E-state index contributed by atoms with van der Waals surface area (Å²) >= 11 is 1.58. The zero-order valence-corrected chi connectivity index (χ0v) is 24.2. The van der Waals surface area contributed by atoms with Crippen LogP contribution in [0.5, 0.6) is 0 Å². The molecular weight excluding hydrogens is 508 g/mol. The van der Waals surface area contributed by atoms with E-state index >= 15 is 0 Å². The summed E-state index contributed by atoms with van der Waals surface area (Å²) < 4.78 is 6.00. The second kappa shape index (κ2) is 13.2. The highest BCUT2D eigenvalue weighted by atomic mass is 32.1. The number of aryl methyl sites for hydroxylation is 1. The van der Waals surface area contributed by atoms with E-state index in [4.69, 9.17) is 15.4 Å². The van der Waals surface area contributed by atoms with E-state index in [-0.39, 0.29) is 29.4 Å². The predicted molar refractivity (Wildman–Crippen MR) is 147 cm³/mol. The van der Waals surface area contributed by atoms with Gasteiger partial charge in [0.2, 0.25) is 0 Å². The van der Waals surface area contributed by atoms with Crippen molar-refractivity contribution in [3.63, 3.8) is 0 Å². The Balaban J connectivity index is 1.88. The zero-order chi connectivity index (χ0) is 28.8. The first-order chi connectivity index (χ1) is 17.6. The number of Topliss-reactive ketones (excluding diaryl/α,β-unsaturated/α-hetero) is 1. The Labute approximate surface area is 228 Å². The Hall–Kier alpha value is -2.30. The number of carboxylic acid groups (broad SMARTS) is 1. The number of thiazole rings is 1. The number of aromatic nitrogens is 1. The number of aliphatic carboxylic acids is 1. The number of aliphatic hydroxyl groups is 2. The molecule has 0 saturated carbocycles. The smallest absolute Gasteiger partial charge is 0.306 e. The normalized spacial score (nSPS) is 23.6. The number of aliphatic hydroxyl groups excluding tert-OH is 2. The van der Waals surface area contributed by atoms with Crippen LogP contribution in [0.25, 0.3) is 16.5 Å². The number of azide groups is 1. The second-order valence-electron chi connectivity index (χ2n) is 11.4. The third-order valence-electron chi connectivity index (χ3n) is 7.88. The van der Waals surface area contributed by atoms with Gasteiger partial charge in [0, 0.05) is 21.9 Å². The molecule has 0 bridgehead atoms. The molecule has 1 saturated heterocycles. The molecule has 212 valence electrons. The number of ketones is 1. The largest absolute Gasteiger partial charge is 0.481 e. The molecule has 1 fully saturated rings. The molecule has 7 unspecified atom stereocenters. The van der Waals surface area contributed by atoms with Gasteiger partial charge in [-0.25, -0.2) is 4.98 Å². The van der Waals surface area contributed by atoms with Crippen LogP contribution in [0.15, 0.2) is 16.9 Å². The molecule has 1 aliphatic heterocycles. The molecule has 10 nitrogen and oxygen atoms in total. The first-order valence-corrected chi connectivity index (χ1v) is 13.9. The van der Waals surface area contributed by atoms with Crippen molar-refractivity contribution >= 4 is 29.2 Å². The number of nitrogens with zero attached hydrogens (tertiary/aromatic N) is 4. The van der Waals surface area contributed by atoms with Crippen LogP contribution in [0.3, 0.4) is 0 Å². The van der Waals surface area contributed by atoms with Crippen LogP contribution in [0, 0.1) is 24.2 Å². The molecule has 38 heavy (non-hydrogen) atoms. The van der Waals surface area contributed by atoms with Gasteiger partial charge in [0.1, 0.15) is 5.78 Å². The van der Waals surface area contributed by atoms with E-state index in [2.05, 4.69) is 15.0 Å². The molecule has 3 N–H and O–H groups in total. The Kier molecular flexibility index (Phi) is 11.1. The highest BCUT2D eigenvalue weighted by Crippen LogP contribution is 2.45. The number of epoxide rings is 1. The van der Waals surface area contributed by atoms with Gasteiger partial charge in [-0.1, -0.05) is 44.8 Å². The molecule has 1 aromatic heterocycles. The van der Waals surface area contributed by atoms with E-state index in [0.29, 0.717) is 12.8 Å². The first-order valence-electron chi connectivity index (χ1n) is 13.1. The fraction of sp³-hybridized carbons (Fsp3) is 0.741. The maximum atomic E-state index is 13.0. The average molecular weight is 551 g/mol. The molecule has 2 heterocycles. The number of hydrogen-bond donors (Lipinski definition) is 3. The molecule has 0 radical (unpaired) electrons.